The molecule has 1 saturated heterocycles. The number of carbonyl (C=O) groups is 2. The van der Waals surface area contributed by atoms with Crippen LogP contribution in [0, 0.1) is 0 Å². The Labute approximate surface area is 222 Å². The second kappa shape index (κ2) is 10.4. The van der Waals surface area contributed by atoms with Gasteiger partial charge in [0.15, 0.2) is 5.11 Å². The Morgan fingerprint density at radius 1 is 1.08 bits per heavy atom. The monoisotopic (exact) mass is 532 g/mol. The molecule has 37 heavy (non-hydrogen) atoms. The summed E-state index contributed by atoms with van der Waals surface area (Å²) in [5, 5.41) is 16.3. The molecule has 0 unspecified atom stereocenters. The molecule has 2 atom stereocenters. The molecule has 3 heterocycles. The van der Waals surface area contributed by atoms with Crippen LogP contribution >= 0.6 is 23.8 Å². The molecule has 0 saturated carbocycles. The van der Waals surface area contributed by atoms with Crippen LogP contribution in [-0.4, -0.2) is 38.5 Å². The normalized spacial score (nSPS) is 16.9. The molecule has 1 fully saturated rings. The van der Waals surface area contributed by atoms with Gasteiger partial charge < -0.3 is 25.1 Å². The van der Waals surface area contributed by atoms with Gasteiger partial charge in [0.05, 0.1) is 22.3 Å². The Morgan fingerprint density at radius 3 is 2.59 bits per heavy atom. The number of carboxylic acids is 1. The second-order valence-corrected chi connectivity index (χ2v) is 9.16. The lowest BCUT2D eigenvalue weighted by Gasteiger charge is -2.25. The third-order valence-corrected chi connectivity index (χ3v) is 6.65. The number of furan rings is 1. The average molecular weight is 533 g/mol. The molecule has 4 aromatic rings. The zero-order chi connectivity index (χ0) is 25.9. The standard InChI is InChI=1S/C27H21ClN4O4S/c28-19-10-9-16(26(34)35)14-18(19)21-11-12-22(36-21)25-24(20-8-4-5-13-29-20)31-27(37)32(25)15-23(33)30-17-6-2-1-3-7-17/h1-14,24-25H,15H2,(H,30,33)(H,31,37)(H,34,35)/t24-,25+/m0/s1. The minimum absolute atomic E-state index is 0.0278. The van der Waals surface area contributed by atoms with Gasteiger partial charge in [-0.15, -0.1) is 0 Å². The smallest absolute Gasteiger partial charge is 0.335 e. The number of carbonyl (C=O) groups excluding carboxylic acids is 1. The molecular formula is C27H21ClN4O4S. The number of para-hydroxylation sites is 1. The van der Waals surface area contributed by atoms with E-state index in [0.717, 1.165) is 5.69 Å². The number of pyridine rings is 1. The van der Waals surface area contributed by atoms with Gasteiger partial charge in [0.25, 0.3) is 0 Å². The Balaban J connectivity index is 1.49. The van der Waals surface area contributed by atoms with Crippen molar-refractivity contribution in [2.75, 3.05) is 11.9 Å². The summed E-state index contributed by atoms with van der Waals surface area (Å²) in [6.45, 7) is -0.0278. The fourth-order valence-electron chi connectivity index (χ4n) is 4.27. The number of aromatic nitrogens is 1. The minimum Gasteiger partial charge on any atom is -0.478 e. The molecule has 0 bridgehead atoms. The maximum atomic E-state index is 12.9. The first-order chi connectivity index (χ1) is 17.9. The van der Waals surface area contributed by atoms with Crippen LogP contribution < -0.4 is 10.6 Å². The predicted octanol–water partition coefficient (Wildman–Crippen LogP) is 5.30. The molecule has 2 aromatic carbocycles. The molecule has 8 nitrogen and oxygen atoms in total. The number of hydrogen-bond donors (Lipinski definition) is 3. The molecule has 3 N–H and O–H groups in total. The SMILES string of the molecule is O=C(CN1C(=S)N[C@@H](c2ccccn2)[C@H]1c1ccc(-c2cc(C(=O)O)ccc2Cl)o1)Nc1ccccc1. The van der Waals surface area contributed by atoms with Crippen LogP contribution in [0.25, 0.3) is 11.3 Å². The highest BCUT2D eigenvalue weighted by molar-refractivity contribution is 7.80. The van der Waals surface area contributed by atoms with Crippen LogP contribution in [0.15, 0.2) is 89.5 Å². The van der Waals surface area contributed by atoms with Crippen LogP contribution in [0.5, 0.6) is 0 Å². The maximum absolute atomic E-state index is 12.9. The van der Waals surface area contributed by atoms with Crippen molar-refractivity contribution in [1.82, 2.24) is 15.2 Å². The summed E-state index contributed by atoms with van der Waals surface area (Å²) >= 11 is 12.0. The van der Waals surface area contributed by atoms with Gasteiger partial charge in [-0.3, -0.25) is 9.78 Å². The van der Waals surface area contributed by atoms with Gasteiger partial charge in [-0.05, 0) is 66.8 Å². The van der Waals surface area contributed by atoms with Crippen molar-refractivity contribution in [2.45, 2.75) is 12.1 Å². The number of aromatic carboxylic acids is 1. The summed E-state index contributed by atoms with van der Waals surface area (Å²) < 4.78 is 6.22. The molecule has 0 spiro atoms. The number of hydrogen-bond acceptors (Lipinski definition) is 5. The first kappa shape index (κ1) is 24.5. The maximum Gasteiger partial charge on any atom is 0.335 e. The van der Waals surface area contributed by atoms with E-state index in [9.17, 15) is 14.7 Å². The van der Waals surface area contributed by atoms with Gasteiger partial charge in [-0.1, -0.05) is 35.9 Å². The number of amides is 1. The number of thiocarbonyl (C=S) groups is 1. The van der Waals surface area contributed by atoms with Gasteiger partial charge in [0, 0.05) is 17.4 Å². The van der Waals surface area contributed by atoms with Crippen LogP contribution in [0.3, 0.4) is 0 Å². The molecular weight excluding hydrogens is 512 g/mol. The van der Waals surface area contributed by atoms with Gasteiger partial charge in [-0.25, -0.2) is 4.79 Å². The Hall–Kier alpha value is -4.21. The van der Waals surface area contributed by atoms with Crippen molar-refractivity contribution in [3.05, 3.63) is 107 Å². The van der Waals surface area contributed by atoms with Crippen molar-refractivity contribution in [2.24, 2.45) is 0 Å². The van der Waals surface area contributed by atoms with Crippen molar-refractivity contribution in [1.29, 1.82) is 0 Å². The predicted molar refractivity (Wildman–Crippen MR) is 143 cm³/mol. The highest BCUT2D eigenvalue weighted by Gasteiger charge is 2.42. The fraction of sp³-hybridized carbons (Fsp3) is 0.111. The summed E-state index contributed by atoms with van der Waals surface area (Å²) in [6, 6.07) is 21.8. The van der Waals surface area contributed by atoms with Gasteiger partial charge in [0.1, 0.15) is 24.1 Å². The van der Waals surface area contributed by atoms with Crippen LogP contribution in [0.2, 0.25) is 5.02 Å². The number of nitrogens with one attached hydrogen (secondary N) is 2. The van der Waals surface area contributed by atoms with Crippen molar-refractivity contribution >= 4 is 46.5 Å². The van der Waals surface area contributed by atoms with E-state index in [0.29, 0.717) is 32.9 Å². The fourth-order valence-corrected chi connectivity index (χ4v) is 4.78. The van der Waals surface area contributed by atoms with Crippen molar-refractivity contribution < 1.29 is 19.1 Å². The van der Waals surface area contributed by atoms with E-state index in [-0.39, 0.29) is 18.0 Å². The Morgan fingerprint density at radius 2 is 1.86 bits per heavy atom. The summed E-state index contributed by atoms with van der Waals surface area (Å²) in [4.78, 5) is 30.7. The number of anilines is 1. The van der Waals surface area contributed by atoms with E-state index in [1.54, 1.807) is 35.4 Å². The van der Waals surface area contributed by atoms with E-state index in [1.807, 2.05) is 36.4 Å². The van der Waals surface area contributed by atoms with E-state index >= 15 is 0 Å². The third kappa shape index (κ3) is 5.18. The summed E-state index contributed by atoms with van der Waals surface area (Å²) in [7, 11) is 0. The molecule has 0 aliphatic carbocycles. The number of carboxylic acid groups (broad SMARTS) is 1. The quantitative estimate of drug-likeness (QED) is 0.275. The molecule has 1 amide bonds. The molecule has 2 aromatic heterocycles. The van der Waals surface area contributed by atoms with Crippen LogP contribution in [0.4, 0.5) is 5.69 Å². The summed E-state index contributed by atoms with van der Waals surface area (Å²) in [5.74, 6) is -0.399. The first-order valence-corrected chi connectivity index (χ1v) is 12.2. The minimum atomic E-state index is -1.07. The molecule has 1 aliphatic rings. The lowest BCUT2D eigenvalue weighted by molar-refractivity contribution is -0.116. The van der Waals surface area contributed by atoms with E-state index in [2.05, 4.69) is 15.6 Å². The molecule has 5 rings (SSSR count). The largest absolute Gasteiger partial charge is 0.478 e. The van der Waals surface area contributed by atoms with E-state index in [4.69, 9.17) is 28.2 Å². The van der Waals surface area contributed by atoms with Crippen LogP contribution in [0.1, 0.15) is 33.9 Å². The average Bonchev–Trinajstić information content (AvgIpc) is 3.50. The summed E-state index contributed by atoms with van der Waals surface area (Å²) in [5.41, 5.74) is 1.94. The number of rotatable bonds is 7. The Kier molecular flexibility index (Phi) is 6.89. The zero-order valence-corrected chi connectivity index (χ0v) is 20.9. The lowest BCUT2D eigenvalue weighted by atomic mass is 10.0. The molecule has 186 valence electrons. The van der Waals surface area contributed by atoms with Crippen LogP contribution in [-0.2, 0) is 4.79 Å². The summed E-state index contributed by atoms with van der Waals surface area (Å²) in [6.07, 6.45) is 1.69. The highest BCUT2D eigenvalue weighted by Crippen LogP contribution is 2.41. The molecule has 0 radical (unpaired) electrons. The van der Waals surface area contributed by atoms with Gasteiger partial charge >= 0.3 is 5.97 Å². The van der Waals surface area contributed by atoms with Gasteiger partial charge in [-0.2, -0.15) is 0 Å². The topological polar surface area (TPSA) is 108 Å². The van der Waals surface area contributed by atoms with E-state index < -0.39 is 18.1 Å². The number of benzene rings is 2. The highest BCUT2D eigenvalue weighted by atomic mass is 35.5. The third-order valence-electron chi connectivity index (χ3n) is 5.97. The number of halogens is 1. The number of nitrogens with zero attached hydrogens (tertiary/aromatic N) is 2. The van der Waals surface area contributed by atoms with E-state index in [1.165, 1.54) is 18.2 Å². The zero-order valence-electron chi connectivity index (χ0n) is 19.3. The second-order valence-electron chi connectivity index (χ2n) is 8.37. The molecule has 1 aliphatic heterocycles. The van der Waals surface area contributed by atoms with Crippen molar-refractivity contribution in [3.63, 3.8) is 0 Å². The first-order valence-electron chi connectivity index (χ1n) is 11.4. The Bertz CT molecular complexity index is 1460. The lowest BCUT2D eigenvalue weighted by Crippen LogP contribution is -2.36. The molecule has 10 heteroatoms. The van der Waals surface area contributed by atoms with Gasteiger partial charge in [0.2, 0.25) is 5.91 Å². The van der Waals surface area contributed by atoms with Crippen molar-refractivity contribution in [3.8, 4) is 11.3 Å².